The molecular formula is C10H9ClO. The van der Waals surface area contributed by atoms with Crippen molar-refractivity contribution < 1.29 is 4.74 Å². The van der Waals surface area contributed by atoms with E-state index in [1.807, 2.05) is 0 Å². The Hall–Kier alpha value is -1.21. The first-order valence-electron chi connectivity index (χ1n) is 3.47. The Bertz CT molecular complexity index is 287. The molecule has 0 heterocycles. The fourth-order valence-electron chi connectivity index (χ4n) is 0.696. The fraction of sp³-hybridized carbons (Fsp3) is 0. The topological polar surface area (TPSA) is 9.23 Å². The minimum atomic E-state index is 0.525. The van der Waals surface area contributed by atoms with Crippen molar-refractivity contribution in [3.63, 3.8) is 0 Å². The van der Waals surface area contributed by atoms with Crippen molar-refractivity contribution in [2.45, 2.75) is 0 Å². The summed E-state index contributed by atoms with van der Waals surface area (Å²) in [5, 5.41) is 0.687. The summed E-state index contributed by atoms with van der Waals surface area (Å²) < 4.78 is 5.25. The standard InChI is InChI=1S/C10H9ClO/c1-3-8(2)12-10-6-4-9(11)5-7-10/h3-7H,1-2H2. The molecule has 0 aliphatic rings. The molecule has 0 saturated heterocycles. The monoisotopic (exact) mass is 180 g/mol. The van der Waals surface area contributed by atoms with E-state index in [0.717, 1.165) is 0 Å². The summed E-state index contributed by atoms with van der Waals surface area (Å²) in [7, 11) is 0. The predicted octanol–water partition coefficient (Wildman–Crippen LogP) is 3.42. The Morgan fingerprint density at radius 2 is 1.92 bits per heavy atom. The zero-order chi connectivity index (χ0) is 8.97. The fourth-order valence-corrected chi connectivity index (χ4v) is 0.822. The molecule has 1 nitrogen and oxygen atoms in total. The number of allylic oxidation sites excluding steroid dienone is 1. The van der Waals surface area contributed by atoms with Gasteiger partial charge in [-0.25, -0.2) is 0 Å². The number of benzene rings is 1. The van der Waals surface area contributed by atoms with Crippen LogP contribution in [0.25, 0.3) is 0 Å². The van der Waals surface area contributed by atoms with E-state index in [9.17, 15) is 0 Å². The maximum atomic E-state index is 5.68. The molecule has 0 aliphatic heterocycles. The van der Waals surface area contributed by atoms with Gasteiger partial charge >= 0.3 is 0 Å². The summed E-state index contributed by atoms with van der Waals surface area (Å²) in [6.07, 6.45) is 1.55. The van der Waals surface area contributed by atoms with Crippen molar-refractivity contribution in [3.05, 3.63) is 54.3 Å². The third-order valence-corrected chi connectivity index (χ3v) is 1.54. The third-order valence-electron chi connectivity index (χ3n) is 1.29. The highest BCUT2D eigenvalue weighted by Crippen LogP contribution is 2.17. The van der Waals surface area contributed by atoms with Gasteiger partial charge in [0, 0.05) is 5.02 Å². The lowest BCUT2D eigenvalue weighted by molar-refractivity contribution is 0.447. The van der Waals surface area contributed by atoms with E-state index in [1.54, 1.807) is 30.3 Å². The summed E-state index contributed by atoms with van der Waals surface area (Å²) in [6, 6.07) is 7.06. The van der Waals surface area contributed by atoms with Crippen molar-refractivity contribution in [1.29, 1.82) is 0 Å². The molecule has 0 aliphatic carbocycles. The van der Waals surface area contributed by atoms with Gasteiger partial charge in [0.15, 0.2) is 0 Å². The van der Waals surface area contributed by atoms with Crippen LogP contribution in [0.4, 0.5) is 0 Å². The van der Waals surface area contributed by atoms with Gasteiger partial charge in [-0.3, -0.25) is 0 Å². The summed E-state index contributed by atoms with van der Waals surface area (Å²) in [4.78, 5) is 0. The molecule has 12 heavy (non-hydrogen) atoms. The maximum absolute atomic E-state index is 5.68. The molecule has 1 aromatic rings. The molecule has 1 aromatic carbocycles. The van der Waals surface area contributed by atoms with E-state index < -0.39 is 0 Å². The number of hydrogen-bond acceptors (Lipinski definition) is 1. The van der Waals surface area contributed by atoms with Crippen LogP contribution in [0.15, 0.2) is 49.3 Å². The van der Waals surface area contributed by atoms with Gasteiger partial charge < -0.3 is 4.74 Å². The van der Waals surface area contributed by atoms with E-state index in [0.29, 0.717) is 16.5 Å². The average molecular weight is 181 g/mol. The maximum Gasteiger partial charge on any atom is 0.127 e. The van der Waals surface area contributed by atoms with Gasteiger partial charge in [0.1, 0.15) is 11.5 Å². The second-order valence-corrected chi connectivity index (χ2v) is 2.66. The smallest absolute Gasteiger partial charge is 0.127 e. The number of ether oxygens (including phenoxy) is 1. The molecule has 0 fully saturated rings. The minimum absolute atomic E-state index is 0.525. The molecule has 0 unspecified atom stereocenters. The highest BCUT2D eigenvalue weighted by molar-refractivity contribution is 6.30. The normalized spacial score (nSPS) is 9.08. The van der Waals surface area contributed by atoms with Crippen LogP contribution in [-0.4, -0.2) is 0 Å². The molecule has 1 rings (SSSR count). The Morgan fingerprint density at radius 3 is 2.42 bits per heavy atom. The molecule has 0 atom stereocenters. The van der Waals surface area contributed by atoms with Crippen molar-refractivity contribution in [3.8, 4) is 5.75 Å². The molecular weight excluding hydrogens is 172 g/mol. The van der Waals surface area contributed by atoms with E-state index in [-0.39, 0.29) is 0 Å². The second kappa shape index (κ2) is 3.98. The van der Waals surface area contributed by atoms with E-state index >= 15 is 0 Å². The SMILES string of the molecule is C=CC(=C)Oc1ccc(Cl)cc1. The quantitative estimate of drug-likeness (QED) is 0.512. The summed E-state index contributed by atoms with van der Waals surface area (Å²) >= 11 is 5.68. The minimum Gasteiger partial charge on any atom is -0.458 e. The number of rotatable bonds is 3. The van der Waals surface area contributed by atoms with Gasteiger partial charge in [-0.2, -0.15) is 0 Å². The number of halogens is 1. The van der Waals surface area contributed by atoms with Crippen LogP contribution < -0.4 is 4.74 Å². The van der Waals surface area contributed by atoms with Gasteiger partial charge in [-0.15, -0.1) is 0 Å². The van der Waals surface area contributed by atoms with Crippen LogP contribution in [0.3, 0.4) is 0 Å². The van der Waals surface area contributed by atoms with Crippen molar-refractivity contribution >= 4 is 11.6 Å². The first-order valence-corrected chi connectivity index (χ1v) is 3.85. The largest absolute Gasteiger partial charge is 0.458 e. The molecule has 0 amide bonds. The molecule has 0 saturated carbocycles. The lowest BCUT2D eigenvalue weighted by atomic mass is 10.3. The zero-order valence-corrected chi connectivity index (χ0v) is 7.34. The van der Waals surface area contributed by atoms with Crippen LogP contribution in [-0.2, 0) is 0 Å². The molecule has 0 aromatic heterocycles. The Balaban J connectivity index is 2.71. The molecule has 2 heteroatoms. The number of hydrogen-bond donors (Lipinski definition) is 0. The summed E-state index contributed by atoms with van der Waals surface area (Å²) in [5.41, 5.74) is 0. The third kappa shape index (κ3) is 2.44. The van der Waals surface area contributed by atoms with Gasteiger partial charge in [0.2, 0.25) is 0 Å². The molecule has 0 spiro atoms. The average Bonchev–Trinajstić information content (AvgIpc) is 2.09. The lowest BCUT2D eigenvalue weighted by Gasteiger charge is -2.03. The Labute approximate surface area is 76.9 Å². The van der Waals surface area contributed by atoms with Crippen molar-refractivity contribution in [2.24, 2.45) is 0 Å². The summed E-state index contributed by atoms with van der Waals surface area (Å²) in [5.74, 6) is 1.24. The molecule has 0 radical (unpaired) electrons. The zero-order valence-electron chi connectivity index (χ0n) is 6.59. The van der Waals surface area contributed by atoms with E-state index in [2.05, 4.69) is 13.2 Å². The predicted molar refractivity (Wildman–Crippen MR) is 51.4 cm³/mol. The molecule has 62 valence electrons. The van der Waals surface area contributed by atoms with Crippen LogP contribution in [0, 0.1) is 0 Å². The van der Waals surface area contributed by atoms with Crippen molar-refractivity contribution in [1.82, 2.24) is 0 Å². The first kappa shape index (κ1) is 8.88. The highest BCUT2D eigenvalue weighted by Gasteiger charge is 1.93. The summed E-state index contributed by atoms with van der Waals surface area (Å²) in [6.45, 7) is 7.14. The van der Waals surface area contributed by atoms with Crippen molar-refractivity contribution in [2.75, 3.05) is 0 Å². The lowest BCUT2D eigenvalue weighted by Crippen LogP contribution is -1.88. The van der Waals surface area contributed by atoms with Crippen LogP contribution in [0.5, 0.6) is 5.75 Å². The van der Waals surface area contributed by atoms with Gasteiger partial charge in [0.25, 0.3) is 0 Å². The highest BCUT2D eigenvalue weighted by atomic mass is 35.5. The van der Waals surface area contributed by atoms with E-state index in [4.69, 9.17) is 16.3 Å². The Morgan fingerprint density at radius 1 is 1.33 bits per heavy atom. The van der Waals surface area contributed by atoms with Gasteiger partial charge in [0.05, 0.1) is 0 Å². The second-order valence-electron chi connectivity index (χ2n) is 2.23. The van der Waals surface area contributed by atoms with Gasteiger partial charge in [-0.1, -0.05) is 24.8 Å². The first-order chi connectivity index (χ1) is 5.72. The van der Waals surface area contributed by atoms with E-state index in [1.165, 1.54) is 0 Å². The molecule has 0 bridgehead atoms. The van der Waals surface area contributed by atoms with Gasteiger partial charge in [-0.05, 0) is 30.3 Å². The van der Waals surface area contributed by atoms with Crippen LogP contribution in [0.1, 0.15) is 0 Å². The van der Waals surface area contributed by atoms with Crippen LogP contribution >= 0.6 is 11.6 Å². The molecule has 0 N–H and O–H groups in total. The van der Waals surface area contributed by atoms with Crippen LogP contribution in [0.2, 0.25) is 5.02 Å². The Kier molecular flexibility index (Phi) is 2.94.